The minimum absolute atomic E-state index is 0.558. The van der Waals surface area contributed by atoms with Crippen molar-refractivity contribution in [2.24, 2.45) is 5.73 Å². The first-order valence-corrected chi connectivity index (χ1v) is 10.4. The van der Waals surface area contributed by atoms with Crippen molar-refractivity contribution in [2.75, 3.05) is 13.7 Å². The Morgan fingerprint density at radius 2 is 1.73 bits per heavy atom. The molecule has 0 radical (unpaired) electrons. The molecule has 0 unspecified atom stereocenters. The van der Waals surface area contributed by atoms with Gasteiger partial charge in [-0.2, -0.15) is 0 Å². The maximum Gasteiger partial charge on any atom is 0.120 e. The SMILES string of the molecule is COc1cccc(-c2[nH]c3ccc(OCc4ccccc4)cc3c2CCCCN)c1. The molecule has 3 N–H and O–H groups in total. The second-order valence-corrected chi connectivity index (χ2v) is 7.44. The lowest BCUT2D eigenvalue weighted by Gasteiger charge is -2.08. The maximum absolute atomic E-state index is 6.08. The van der Waals surface area contributed by atoms with Crippen molar-refractivity contribution in [1.29, 1.82) is 0 Å². The number of H-pyrrole nitrogens is 1. The number of rotatable bonds is 9. The first-order valence-electron chi connectivity index (χ1n) is 10.4. The number of hydrogen-bond acceptors (Lipinski definition) is 3. The standard InChI is InChI=1S/C26H28N2O2/c1-29-21-11-7-10-20(16-21)26-23(12-5-6-15-27)24-17-22(13-14-25(24)28-26)30-18-19-8-3-2-4-9-19/h2-4,7-11,13-14,16-17,28H,5-6,12,15,18,27H2,1H3. The predicted molar refractivity (Wildman–Crippen MR) is 123 cm³/mol. The van der Waals surface area contributed by atoms with Gasteiger partial charge in [-0.25, -0.2) is 0 Å². The number of methoxy groups -OCH3 is 1. The average Bonchev–Trinajstić information content (AvgIpc) is 3.16. The molecule has 4 nitrogen and oxygen atoms in total. The van der Waals surface area contributed by atoms with Crippen LogP contribution in [0.5, 0.6) is 11.5 Å². The van der Waals surface area contributed by atoms with Gasteiger partial charge in [-0.15, -0.1) is 0 Å². The third-order valence-corrected chi connectivity index (χ3v) is 5.37. The van der Waals surface area contributed by atoms with Crippen molar-refractivity contribution in [3.8, 4) is 22.8 Å². The first kappa shape index (κ1) is 20.0. The van der Waals surface area contributed by atoms with Crippen LogP contribution in [0.15, 0.2) is 72.8 Å². The summed E-state index contributed by atoms with van der Waals surface area (Å²) in [5.74, 6) is 1.73. The molecule has 0 bridgehead atoms. The number of aryl methyl sites for hydroxylation is 1. The Bertz CT molecular complexity index is 1100. The highest BCUT2D eigenvalue weighted by molar-refractivity contribution is 5.92. The summed E-state index contributed by atoms with van der Waals surface area (Å²) in [4.78, 5) is 3.62. The summed E-state index contributed by atoms with van der Waals surface area (Å²) >= 11 is 0. The van der Waals surface area contributed by atoms with E-state index < -0.39 is 0 Å². The fraction of sp³-hybridized carbons (Fsp3) is 0.231. The zero-order valence-electron chi connectivity index (χ0n) is 17.4. The van der Waals surface area contributed by atoms with E-state index in [9.17, 15) is 0 Å². The van der Waals surface area contributed by atoms with Crippen molar-refractivity contribution < 1.29 is 9.47 Å². The van der Waals surface area contributed by atoms with Gasteiger partial charge in [0.25, 0.3) is 0 Å². The van der Waals surface area contributed by atoms with Crippen molar-refractivity contribution in [1.82, 2.24) is 4.98 Å². The minimum Gasteiger partial charge on any atom is -0.497 e. The molecule has 0 amide bonds. The Morgan fingerprint density at radius 1 is 0.867 bits per heavy atom. The molecule has 3 aromatic carbocycles. The minimum atomic E-state index is 0.558. The quantitative estimate of drug-likeness (QED) is 0.354. The largest absolute Gasteiger partial charge is 0.497 e. The molecule has 1 heterocycles. The second kappa shape index (κ2) is 9.51. The molecule has 0 fully saturated rings. The molecule has 4 aromatic rings. The van der Waals surface area contributed by atoms with E-state index >= 15 is 0 Å². The highest BCUT2D eigenvalue weighted by Gasteiger charge is 2.14. The van der Waals surface area contributed by atoms with Gasteiger partial charge in [0.15, 0.2) is 0 Å². The average molecular weight is 401 g/mol. The molecule has 0 spiro atoms. The van der Waals surface area contributed by atoms with E-state index in [-0.39, 0.29) is 0 Å². The Hall–Kier alpha value is -3.24. The third-order valence-electron chi connectivity index (χ3n) is 5.37. The molecule has 0 saturated heterocycles. The van der Waals surface area contributed by atoms with Gasteiger partial charge in [0, 0.05) is 22.2 Å². The van der Waals surface area contributed by atoms with Crippen LogP contribution in [-0.4, -0.2) is 18.6 Å². The molecule has 0 aliphatic heterocycles. The van der Waals surface area contributed by atoms with Gasteiger partial charge in [0.2, 0.25) is 0 Å². The molecular formula is C26H28N2O2. The van der Waals surface area contributed by atoms with Crippen molar-refractivity contribution in [3.05, 3.63) is 83.9 Å². The molecule has 30 heavy (non-hydrogen) atoms. The second-order valence-electron chi connectivity index (χ2n) is 7.44. The Kier molecular flexibility index (Phi) is 6.35. The van der Waals surface area contributed by atoms with E-state index in [0.29, 0.717) is 13.2 Å². The molecule has 1 aromatic heterocycles. The van der Waals surface area contributed by atoms with Gasteiger partial charge in [0.05, 0.1) is 7.11 Å². The number of nitrogens with one attached hydrogen (secondary N) is 1. The van der Waals surface area contributed by atoms with E-state index in [1.54, 1.807) is 7.11 Å². The van der Waals surface area contributed by atoms with Gasteiger partial charge in [-0.05, 0) is 67.3 Å². The molecule has 0 aliphatic rings. The van der Waals surface area contributed by atoms with E-state index in [2.05, 4.69) is 41.4 Å². The van der Waals surface area contributed by atoms with Gasteiger partial charge < -0.3 is 20.2 Å². The highest BCUT2D eigenvalue weighted by atomic mass is 16.5. The fourth-order valence-corrected chi connectivity index (χ4v) is 3.79. The number of nitrogens with two attached hydrogens (primary N) is 1. The zero-order chi connectivity index (χ0) is 20.8. The molecular weight excluding hydrogens is 372 g/mol. The van der Waals surface area contributed by atoms with Crippen LogP contribution < -0.4 is 15.2 Å². The van der Waals surface area contributed by atoms with Crippen molar-refractivity contribution in [2.45, 2.75) is 25.9 Å². The molecule has 0 atom stereocenters. The number of hydrogen-bond donors (Lipinski definition) is 2. The molecule has 0 aliphatic carbocycles. The summed E-state index contributed by atoms with van der Waals surface area (Å²) in [6.07, 6.45) is 3.02. The van der Waals surface area contributed by atoms with Crippen LogP contribution in [0.1, 0.15) is 24.0 Å². The molecule has 0 saturated carbocycles. The summed E-state index contributed by atoms with van der Waals surface area (Å²) in [5.41, 5.74) is 11.6. The molecule has 4 heteroatoms. The number of benzene rings is 3. The Morgan fingerprint density at radius 3 is 2.53 bits per heavy atom. The van der Waals surface area contributed by atoms with Crippen LogP contribution in [0.2, 0.25) is 0 Å². The van der Waals surface area contributed by atoms with Crippen molar-refractivity contribution in [3.63, 3.8) is 0 Å². The lowest BCUT2D eigenvalue weighted by molar-refractivity contribution is 0.306. The molecule has 154 valence electrons. The van der Waals surface area contributed by atoms with Gasteiger partial charge in [-0.3, -0.25) is 0 Å². The van der Waals surface area contributed by atoms with Crippen LogP contribution in [0.3, 0.4) is 0 Å². The van der Waals surface area contributed by atoms with E-state index in [0.717, 1.165) is 53.1 Å². The number of unbranched alkanes of at least 4 members (excludes halogenated alkanes) is 1. The van der Waals surface area contributed by atoms with Crippen molar-refractivity contribution >= 4 is 10.9 Å². The van der Waals surface area contributed by atoms with E-state index in [4.69, 9.17) is 15.2 Å². The third kappa shape index (κ3) is 4.50. The van der Waals surface area contributed by atoms with E-state index in [1.165, 1.54) is 10.9 Å². The predicted octanol–water partition coefficient (Wildman–Crippen LogP) is 5.70. The summed E-state index contributed by atoms with van der Waals surface area (Å²) in [5, 5.41) is 1.20. The van der Waals surface area contributed by atoms with Crippen LogP contribution in [0, 0.1) is 0 Å². The fourth-order valence-electron chi connectivity index (χ4n) is 3.79. The van der Waals surface area contributed by atoms with Crippen LogP contribution in [0.4, 0.5) is 0 Å². The van der Waals surface area contributed by atoms with Crippen LogP contribution in [0.25, 0.3) is 22.2 Å². The number of aromatic amines is 1. The monoisotopic (exact) mass is 400 g/mol. The lowest BCUT2D eigenvalue weighted by atomic mass is 10.00. The smallest absolute Gasteiger partial charge is 0.120 e. The Balaban J connectivity index is 1.69. The topological polar surface area (TPSA) is 60.3 Å². The number of aromatic nitrogens is 1. The maximum atomic E-state index is 6.08. The lowest BCUT2D eigenvalue weighted by Crippen LogP contribution is -1.99. The van der Waals surface area contributed by atoms with Crippen LogP contribution >= 0.6 is 0 Å². The summed E-state index contributed by atoms with van der Waals surface area (Å²) < 4.78 is 11.5. The zero-order valence-corrected chi connectivity index (χ0v) is 17.4. The van der Waals surface area contributed by atoms with Gasteiger partial charge >= 0.3 is 0 Å². The summed E-state index contributed by atoms with van der Waals surface area (Å²) in [7, 11) is 1.70. The van der Waals surface area contributed by atoms with Gasteiger partial charge in [-0.1, -0.05) is 42.5 Å². The normalized spacial score (nSPS) is 11.0. The molecule has 4 rings (SSSR count). The number of fused-ring (bicyclic) bond motifs is 1. The van der Waals surface area contributed by atoms with E-state index in [1.807, 2.05) is 36.4 Å². The first-order chi connectivity index (χ1) is 14.8. The highest BCUT2D eigenvalue weighted by Crippen LogP contribution is 2.35. The number of ether oxygens (including phenoxy) is 2. The Labute approximate surface area is 177 Å². The van der Waals surface area contributed by atoms with Gasteiger partial charge in [0.1, 0.15) is 18.1 Å². The van der Waals surface area contributed by atoms with Crippen LogP contribution in [-0.2, 0) is 13.0 Å². The summed E-state index contributed by atoms with van der Waals surface area (Å²) in [6, 6.07) is 24.7. The summed E-state index contributed by atoms with van der Waals surface area (Å²) in [6.45, 7) is 1.27.